The van der Waals surface area contributed by atoms with Gasteiger partial charge in [0.15, 0.2) is 0 Å². The van der Waals surface area contributed by atoms with Crippen molar-refractivity contribution >= 4 is 50.5 Å². The maximum atomic E-state index is 12.7. The largest absolute Gasteiger partial charge is 0.280 e. The van der Waals surface area contributed by atoms with Crippen molar-refractivity contribution in [1.29, 1.82) is 0 Å². The van der Waals surface area contributed by atoms with Crippen LogP contribution in [0.15, 0.2) is 57.5 Å². The van der Waals surface area contributed by atoms with Crippen LogP contribution in [0.5, 0.6) is 0 Å². The maximum Gasteiger partial charge on any atom is 0.263 e. The molecule has 0 unspecified atom stereocenters. The van der Waals surface area contributed by atoms with E-state index in [0.29, 0.717) is 17.1 Å². The Morgan fingerprint density at radius 3 is 2.56 bits per heavy atom. The molecule has 6 nitrogen and oxygen atoms in total. The number of rotatable bonds is 6. The Morgan fingerprint density at radius 1 is 1.15 bits per heavy atom. The molecule has 0 aliphatic heterocycles. The van der Waals surface area contributed by atoms with Gasteiger partial charge in [-0.1, -0.05) is 42.3 Å². The summed E-state index contributed by atoms with van der Waals surface area (Å²) in [5.74, 6) is 0.518. The van der Waals surface area contributed by atoms with Crippen LogP contribution in [0, 0.1) is 0 Å². The quantitative estimate of drug-likeness (QED) is 0.403. The normalized spacial score (nSPS) is 12.8. The summed E-state index contributed by atoms with van der Waals surface area (Å²) in [4.78, 5) is 4.08. The average Bonchev–Trinajstić information content (AvgIpc) is 2.63. The number of nitrogens with one attached hydrogen (secondary N) is 2. The van der Waals surface area contributed by atoms with Crippen LogP contribution in [0.2, 0.25) is 10.0 Å². The number of halogens is 2. The zero-order chi connectivity index (χ0) is 20.0. The number of hydrazone groups is 1. The van der Waals surface area contributed by atoms with E-state index in [0.717, 1.165) is 12.1 Å². The van der Waals surface area contributed by atoms with Gasteiger partial charge < -0.3 is 0 Å². The molecule has 0 heterocycles. The van der Waals surface area contributed by atoms with E-state index in [1.54, 1.807) is 31.3 Å². The molecule has 0 saturated heterocycles. The molecule has 0 aliphatic carbocycles. The fourth-order valence-electron chi connectivity index (χ4n) is 2.09. The van der Waals surface area contributed by atoms with Gasteiger partial charge >= 0.3 is 0 Å². The lowest BCUT2D eigenvalue weighted by Gasteiger charge is -2.12. The lowest BCUT2D eigenvalue weighted by molar-refractivity contribution is 0.601. The molecular weight excluding hydrogens is 407 g/mol. The Labute approximate surface area is 169 Å². The second kappa shape index (κ2) is 9.21. The first-order valence-corrected chi connectivity index (χ1v) is 10.3. The fourth-order valence-corrected chi connectivity index (χ4v) is 3.91. The van der Waals surface area contributed by atoms with E-state index in [2.05, 4.69) is 20.2 Å². The zero-order valence-electron chi connectivity index (χ0n) is 15.1. The summed E-state index contributed by atoms with van der Waals surface area (Å²) in [6.45, 7) is 3.90. The van der Waals surface area contributed by atoms with Gasteiger partial charge in [-0.05, 0) is 43.7 Å². The van der Waals surface area contributed by atoms with Gasteiger partial charge in [0.25, 0.3) is 10.0 Å². The molecule has 2 aromatic carbocycles. The zero-order valence-corrected chi connectivity index (χ0v) is 17.5. The Balaban J connectivity index is 2.31. The van der Waals surface area contributed by atoms with Gasteiger partial charge in [0.1, 0.15) is 10.7 Å². The van der Waals surface area contributed by atoms with Crippen LogP contribution in [0.25, 0.3) is 0 Å². The highest BCUT2D eigenvalue weighted by molar-refractivity contribution is 7.92. The Bertz CT molecular complexity index is 989. The average molecular weight is 427 g/mol. The molecule has 9 heteroatoms. The van der Waals surface area contributed by atoms with Gasteiger partial charge in [-0.2, -0.15) is 5.10 Å². The van der Waals surface area contributed by atoms with E-state index < -0.39 is 10.0 Å². The van der Waals surface area contributed by atoms with Gasteiger partial charge in [0.2, 0.25) is 0 Å². The van der Waals surface area contributed by atoms with Crippen molar-refractivity contribution in [3.8, 4) is 0 Å². The summed E-state index contributed by atoms with van der Waals surface area (Å²) in [6.07, 6.45) is 0.810. The topological polar surface area (TPSA) is 82.9 Å². The van der Waals surface area contributed by atoms with E-state index in [1.165, 1.54) is 18.2 Å². The van der Waals surface area contributed by atoms with Crippen molar-refractivity contribution < 1.29 is 8.42 Å². The van der Waals surface area contributed by atoms with Crippen molar-refractivity contribution in [1.82, 2.24) is 5.43 Å². The fraction of sp³-hybridized carbons (Fsp3) is 0.222. The second-order valence-corrected chi connectivity index (χ2v) is 8.14. The van der Waals surface area contributed by atoms with Crippen LogP contribution in [-0.4, -0.2) is 27.0 Å². The number of hydrogen-bond acceptors (Lipinski definition) is 4. The van der Waals surface area contributed by atoms with E-state index in [-0.39, 0.29) is 14.9 Å². The molecule has 0 saturated carbocycles. The maximum absolute atomic E-state index is 12.7. The number of nitrogens with zero attached hydrogens (tertiary/aromatic N) is 2. The summed E-state index contributed by atoms with van der Waals surface area (Å²) in [7, 11) is -2.27. The van der Waals surface area contributed by atoms with Crippen molar-refractivity contribution in [3.63, 3.8) is 0 Å². The van der Waals surface area contributed by atoms with Crippen LogP contribution < -0.4 is 10.1 Å². The van der Waals surface area contributed by atoms with E-state index in [1.807, 2.05) is 13.8 Å². The highest BCUT2D eigenvalue weighted by Crippen LogP contribution is 2.27. The van der Waals surface area contributed by atoms with Crippen molar-refractivity contribution in [2.45, 2.75) is 25.2 Å². The van der Waals surface area contributed by atoms with Gasteiger partial charge in [0.05, 0.1) is 5.02 Å². The highest BCUT2D eigenvalue weighted by atomic mass is 35.5. The SMILES string of the molecule is CCC(C)=NNC(=NC)c1cccc(NS(=O)(=O)c2cc(Cl)ccc2Cl)c1. The molecule has 0 radical (unpaired) electrons. The third kappa shape index (κ3) is 5.69. The minimum absolute atomic E-state index is 0.0879. The Morgan fingerprint density at radius 2 is 1.89 bits per heavy atom. The molecule has 0 atom stereocenters. The second-order valence-electron chi connectivity index (χ2n) is 5.65. The number of hydrogen-bond donors (Lipinski definition) is 2. The minimum Gasteiger partial charge on any atom is -0.280 e. The summed E-state index contributed by atoms with van der Waals surface area (Å²) >= 11 is 11.9. The number of aliphatic imine (C=N–C) groups is 1. The molecule has 0 bridgehead atoms. The molecular formula is C18H20Cl2N4O2S. The molecule has 2 aromatic rings. The van der Waals surface area contributed by atoms with Gasteiger partial charge in [-0.25, -0.2) is 8.42 Å². The van der Waals surface area contributed by atoms with Crippen molar-refractivity contribution in [2.24, 2.45) is 10.1 Å². The van der Waals surface area contributed by atoms with Gasteiger partial charge in [-0.15, -0.1) is 0 Å². The summed E-state index contributed by atoms with van der Waals surface area (Å²) in [5, 5.41) is 4.60. The molecule has 27 heavy (non-hydrogen) atoms. The smallest absolute Gasteiger partial charge is 0.263 e. The molecule has 0 amide bonds. The molecule has 0 spiro atoms. The van der Waals surface area contributed by atoms with Crippen LogP contribution in [0.4, 0.5) is 5.69 Å². The first-order chi connectivity index (χ1) is 12.8. The number of benzene rings is 2. The number of anilines is 1. The van der Waals surface area contributed by atoms with Crippen LogP contribution >= 0.6 is 23.2 Å². The van der Waals surface area contributed by atoms with Crippen LogP contribution in [0.1, 0.15) is 25.8 Å². The molecule has 0 aromatic heterocycles. The van der Waals surface area contributed by atoms with Crippen molar-refractivity contribution in [3.05, 3.63) is 58.1 Å². The van der Waals surface area contributed by atoms with E-state index in [4.69, 9.17) is 23.2 Å². The third-order valence-electron chi connectivity index (χ3n) is 3.66. The minimum atomic E-state index is -3.90. The molecule has 0 aliphatic rings. The van der Waals surface area contributed by atoms with Gasteiger partial charge in [0, 0.05) is 29.0 Å². The number of amidine groups is 1. The predicted octanol–water partition coefficient (Wildman–Crippen LogP) is 4.55. The van der Waals surface area contributed by atoms with Crippen LogP contribution in [0.3, 0.4) is 0 Å². The summed E-state index contributed by atoms with van der Waals surface area (Å²) in [5.41, 5.74) is 4.86. The highest BCUT2D eigenvalue weighted by Gasteiger charge is 2.19. The predicted molar refractivity (Wildman–Crippen MR) is 113 cm³/mol. The summed E-state index contributed by atoms with van der Waals surface area (Å²) < 4.78 is 27.8. The lowest BCUT2D eigenvalue weighted by atomic mass is 10.2. The monoisotopic (exact) mass is 426 g/mol. The van der Waals surface area contributed by atoms with Crippen molar-refractivity contribution in [2.75, 3.05) is 11.8 Å². The lowest BCUT2D eigenvalue weighted by Crippen LogP contribution is -2.21. The first-order valence-electron chi connectivity index (χ1n) is 8.11. The van der Waals surface area contributed by atoms with E-state index in [9.17, 15) is 8.42 Å². The molecule has 0 fully saturated rings. The molecule has 2 N–H and O–H groups in total. The van der Waals surface area contributed by atoms with Crippen LogP contribution in [-0.2, 0) is 10.0 Å². The summed E-state index contributed by atoms with van der Waals surface area (Å²) in [6, 6.07) is 11.1. The molecule has 2 rings (SSSR count). The Kier molecular flexibility index (Phi) is 7.24. The first kappa shape index (κ1) is 21.2. The Hall–Kier alpha value is -2.09. The van der Waals surface area contributed by atoms with Gasteiger partial charge in [-0.3, -0.25) is 15.1 Å². The number of sulfonamides is 1. The standard InChI is InChI=1S/C18H20Cl2N4O2S/c1-4-12(2)22-23-18(21-3)13-6-5-7-15(10-13)24-27(25,26)17-11-14(19)8-9-16(17)20/h5-11,24H,4H2,1-3H3,(H,21,23). The third-order valence-corrected chi connectivity index (χ3v) is 5.76. The molecule has 144 valence electrons. The van der Waals surface area contributed by atoms with E-state index >= 15 is 0 Å².